The van der Waals surface area contributed by atoms with Gasteiger partial charge in [-0.05, 0) is 18.2 Å². The molecule has 4 aromatic rings. The zero-order valence-electron chi connectivity index (χ0n) is 13.5. The first kappa shape index (κ1) is 16.2. The van der Waals surface area contributed by atoms with E-state index in [0.29, 0.717) is 26.3 Å². The van der Waals surface area contributed by atoms with Gasteiger partial charge in [0.25, 0.3) is 5.56 Å². The fourth-order valence-electron chi connectivity index (χ4n) is 2.93. The molecule has 0 aliphatic rings. The number of para-hydroxylation sites is 1. The molecule has 0 fully saturated rings. The number of hydrogen-bond donors (Lipinski definition) is 1. The van der Waals surface area contributed by atoms with E-state index >= 15 is 0 Å². The predicted molar refractivity (Wildman–Crippen MR) is 102 cm³/mol. The summed E-state index contributed by atoms with van der Waals surface area (Å²) in [5.74, 6) is -0.752. The summed E-state index contributed by atoms with van der Waals surface area (Å²) in [5, 5.41) is 0.828. The van der Waals surface area contributed by atoms with Gasteiger partial charge in [0.2, 0.25) is 0 Å². The molecular weight excluding hydrogens is 351 g/mol. The Balaban J connectivity index is 2.01. The lowest BCUT2D eigenvalue weighted by Gasteiger charge is -2.08. The van der Waals surface area contributed by atoms with Crippen LogP contribution < -0.4 is 11.3 Å². The van der Waals surface area contributed by atoms with Gasteiger partial charge in [0, 0.05) is 17.0 Å². The number of aromatic nitrogens is 1. The second-order valence-electron chi connectivity index (χ2n) is 5.71. The molecule has 0 aliphatic carbocycles. The summed E-state index contributed by atoms with van der Waals surface area (Å²) in [6.45, 7) is 0. The molecule has 6 heteroatoms. The molecule has 0 amide bonds. The predicted octanol–water partition coefficient (Wildman–Crippen LogP) is 4.00. The van der Waals surface area contributed by atoms with Crippen LogP contribution in [0.5, 0.6) is 0 Å². The summed E-state index contributed by atoms with van der Waals surface area (Å²) >= 11 is 1.10. The summed E-state index contributed by atoms with van der Waals surface area (Å²) < 4.78 is 15.5. The number of fused-ring (bicyclic) bond motifs is 1. The fourth-order valence-corrected chi connectivity index (χ4v) is 4.00. The fraction of sp³-hybridized carbons (Fsp3) is 0. The number of carbonyl (C=O) groups is 1. The normalized spacial score (nSPS) is 11.0. The number of rotatable bonds is 3. The topological polar surface area (TPSA) is 65.1 Å². The van der Waals surface area contributed by atoms with Crippen molar-refractivity contribution in [3.05, 3.63) is 94.0 Å². The first-order chi connectivity index (χ1) is 12.6. The van der Waals surface area contributed by atoms with Gasteiger partial charge in [-0.2, -0.15) is 0 Å². The highest BCUT2D eigenvalue weighted by atomic mass is 32.1. The summed E-state index contributed by atoms with van der Waals surface area (Å²) in [5.41, 5.74) is 6.69. The zero-order valence-corrected chi connectivity index (χ0v) is 14.3. The molecular formula is C20H13FN2O2S. The summed E-state index contributed by atoms with van der Waals surface area (Å²) in [7, 11) is 0. The maximum Gasteiger partial charge on any atom is 0.256 e. The maximum atomic E-state index is 14.3. The molecule has 2 aromatic heterocycles. The first-order valence-corrected chi connectivity index (χ1v) is 8.68. The van der Waals surface area contributed by atoms with Gasteiger partial charge in [-0.25, -0.2) is 4.39 Å². The molecule has 2 heterocycles. The lowest BCUT2D eigenvalue weighted by atomic mass is 10.0. The van der Waals surface area contributed by atoms with Crippen molar-refractivity contribution < 1.29 is 9.18 Å². The van der Waals surface area contributed by atoms with Crippen molar-refractivity contribution in [2.45, 2.75) is 0 Å². The average molecular weight is 364 g/mol. The minimum absolute atomic E-state index is 0.128. The summed E-state index contributed by atoms with van der Waals surface area (Å²) in [6.07, 6.45) is 0. The molecule has 4 nitrogen and oxygen atoms in total. The van der Waals surface area contributed by atoms with Gasteiger partial charge in [-0.3, -0.25) is 14.2 Å². The lowest BCUT2D eigenvalue weighted by molar-refractivity contribution is 0.104. The van der Waals surface area contributed by atoms with Crippen molar-refractivity contribution in [2.75, 3.05) is 5.73 Å². The monoisotopic (exact) mass is 364 g/mol. The van der Waals surface area contributed by atoms with Crippen LogP contribution in [0.4, 0.5) is 9.39 Å². The molecule has 0 bridgehead atoms. The van der Waals surface area contributed by atoms with Crippen LogP contribution in [0.1, 0.15) is 15.9 Å². The quantitative estimate of drug-likeness (QED) is 0.559. The molecule has 0 unspecified atom stereocenters. The van der Waals surface area contributed by atoms with Gasteiger partial charge in [-0.15, -0.1) is 0 Å². The van der Waals surface area contributed by atoms with E-state index in [2.05, 4.69) is 0 Å². The van der Waals surface area contributed by atoms with E-state index in [-0.39, 0.29) is 17.0 Å². The van der Waals surface area contributed by atoms with E-state index in [9.17, 15) is 14.0 Å². The number of hydrogen-bond acceptors (Lipinski definition) is 4. The Morgan fingerprint density at radius 1 is 0.962 bits per heavy atom. The van der Waals surface area contributed by atoms with Crippen LogP contribution in [0, 0.1) is 5.82 Å². The Morgan fingerprint density at radius 2 is 1.65 bits per heavy atom. The average Bonchev–Trinajstić information content (AvgIpc) is 2.98. The number of carbonyl (C=O) groups excluding carboxylic acids is 1. The number of pyridine rings is 1. The minimum atomic E-state index is -0.523. The molecule has 0 spiro atoms. The molecule has 0 saturated heterocycles. The minimum Gasteiger partial charge on any atom is -0.390 e. The number of halogens is 1. The lowest BCUT2D eigenvalue weighted by Crippen LogP contribution is -2.17. The molecule has 26 heavy (non-hydrogen) atoms. The third-order valence-corrected chi connectivity index (χ3v) is 5.15. The molecule has 0 atom stereocenters. The van der Waals surface area contributed by atoms with Crippen molar-refractivity contribution in [1.29, 1.82) is 0 Å². The van der Waals surface area contributed by atoms with Crippen molar-refractivity contribution in [1.82, 2.24) is 4.57 Å². The number of thiophene rings is 1. The van der Waals surface area contributed by atoms with Crippen molar-refractivity contribution in [3.8, 4) is 5.69 Å². The second-order valence-corrected chi connectivity index (χ2v) is 6.74. The molecule has 2 aromatic carbocycles. The molecule has 0 saturated carbocycles. The van der Waals surface area contributed by atoms with Gasteiger partial charge < -0.3 is 5.73 Å². The van der Waals surface area contributed by atoms with Gasteiger partial charge >= 0.3 is 0 Å². The summed E-state index contributed by atoms with van der Waals surface area (Å²) in [6, 6.07) is 17.7. The molecule has 0 aliphatic heterocycles. The molecule has 0 radical (unpaired) electrons. The van der Waals surface area contributed by atoms with E-state index < -0.39 is 5.82 Å². The molecule has 2 N–H and O–H groups in total. The van der Waals surface area contributed by atoms with E-state index in [1.165, 1.54) is 22.8 Å². The number of nitrogens with zero attached hydrogens (tertiary/aromatic N) is 1. The zero-order chi connectivity index (χ0) is 18.3. The Kier molecular flexibility index (Phi) is 3.89. The number of nitrogen functional groups attached to an aromatic ring is 1. The van der Waals surface area contributed by atoms with Gasteiger partial charge in [0.15, 0.2) is 5.78 Å². The molecule has 128 valence electrons. The number of nitrogens with two attached hydrogens (primary N) is 1. The Bertz CT molecular complexity index is 1200. The van der Waals surface area contributed by atoms with Crippen LogP contribution in [0.3, 0.4) is 0 Å². The van der Waals surface area contributed by atoms with Crippen LogP contribution in [0.25, 0.3) is 15.9 Å². The second kappa shape index (κ2) is 6.24. The Labute approximate surface area is 151 Å². The van der Waals surface area contributed by atoms with Crippen LogP contribution >= 0.6 is 11.3 Å². The first-order valence-electron chi connectivity index (χ1n) is 7.86. The Morgan fingerprint density at radius 3 is 2.38 bits per heavy atom. The van der Waals surface area contributed by atoms with E-state index in [4.69, 9.17) is 5.73 Å². The number of benzene rings is 2. The SMILES string of the molecule is Nc1sc2c(ccc(=O)n2-c2ccccc2F)c1C(=O)c1ccccc1. The third kappa shape index (κ3) is 2.51. The van der Waals surface area contributed by atoms with Crippen LogP contribution in [-0.4, -0.2) is 10.4 Å². The third-order valence-electron chi connectivity index (χ3n) is 4.13. The van der Waals surface area contributed by atoms with Gasteiger partial charge in [0.05, 0.1) is 16.3 Å². The number of anilines is 1. The van der Waals surface area contributed by atoms with E-state index in [1.54, 1.807) is 42.5 Å². The van der Waals surface area contributed by atoms with Crippen LogP contribution in [0.15, 0.2) is 71.5 Å². The van der Waals surface area contributed by atoms with Gasteiger partial charge in [0.1, 0.15) is 10.6 Å². The maximum absolute atomic E-state index is 14.3. The van der Waals surface area contributed by atoms with Crippen LogP contribution in [0.2, 0.25) is 0 Å². The van der Waals surface area contributed by atoms with E-state index in [1.807, 2.05) is 6.07 Å². The van der Waals surface area contributed by atoms with Crippen LogP contribution in [-0.2, 0) is 0 Å². The van der Waals surface area contributed by atoms with Gasteiger partial charge in [-0.1, -0.05) is 53.8 Å². The Hall–Kier alpha value is -3.25. The largest absolute Gasteiger partial charge is 0.390 e. The number of ketones is 1. The van der Waals surface area contributed by atoms with Crippen molar-refractivity contribution in [3.63, 3.8) is 0 Å². The highest BCUT2D eigenvalue weighted by molar-refractivity contribution is 7.22. The highest BCUT2D eigenvalue weighted by Gasteiger charge is 2.22. The van der Waals surface area contributed by atoms with Crippen molar-refractivity contribution in [2.24, 2.45) is 0 Å². The standard InChI is InChI=1S/C20H13FN2O2S/c21-14-8-4-5-9-15(14)23-16(24)11-10-13-17(19(22)26-20(13)23)18(25)12-6-2-1-3-7-12/h1-11H,22H2. The smallest absolute Gasteiger partial charge is 0.256 e. The molecule has 4 rings (SSSR count). The summed E-state index contributed by atoms with van der Waals surface area (Å²) in [4.78, 5) is 25.8. The van der Waals surface area contributed by atoms with Crippen molar-refractivity contribution >= 4 is 32.3 Å². The van der Waals surface area contributed by atoms with E-state index in [0.717, 1.165) is 11.3 Å². The highest BCUT2D eigenvalue weighted by Crippen LogP contribution is 2.35.